The van der Waals surface area contributed by atoms with Gasteiger partial charge in [0.15, 0.2) is 0 Å². The van der Waals surface area contributed by atoms with Gasteiger partial charge >= 0.3 is 0 Å². The maximum atomic E-state index is 3.59. The summed E-state index contributed by atoms with van der Waals surface area (Å²) in [6.07, 6.45) is 3.97. The Morgan fingerprint density at radius 2 is 2.24 bits per heavy atom. The van der Waals surface area contributed by atoms with Crippen molar-refractivity contribution >= 4 is 0 Å². The molecule has 1 aromatic rings. The van der Waals surface area contributed by atoms with Crippen molar-refractivity contribution < 1.29 is 0 Å². The minimum absolute atomic E-state index is 0.603. The van der Waals surface area contributed by atoms with E-state index < -0.39 is 0 Å². The molecule has 0 bridgehead atoms. The van der Waals surface area contributed by atoms with Crippen molar-refractivity contribution in [3.05, 3.63) is 35.9 Å². The van der Waals surface area contributed by atoms with Gasteiger partial charge in [-0.15, -0.1) is 0 Å². The zero-order valence-electron chi connectivity index (χ0n) is 10.7. The van der Waals surface area contributed by atoms with E-state index in [2.05, 4.69) is 35.8 Å². The van der Waals surface area contributed by atoms with Crippen molar-refractivity contribution in [2.75, 3.05) is 13.1 Å². The summed E-state index contributed by atoms with van der Waals surface area (Å²) in [5, 5.41) is 7.01. The molecule has 2 nitrogen and oxygen atoms in total. The largest absolute Gasteiger partial charge is 0.317 e. The standard InChI is InChI=1S/C15H23N2/c1-13(11-14-7-9-16-10-8-14)17-12-15-5-3-2-4-6-15/h2-5,13-14,16-17H,7-12H2,1H3. The molecule has 2 heteroatoms. The predicted molar refractivity (Wildman–Crippen MR) is 71.8 cm³/mol. The molecule has 1 heterocycles. The molecule has 0 spiro atoms. The van der Waals surface area contributed by atoms with Gasteiger partial charge in [0.05, 0.1) is 0 Å². The van der Waals surface area contributed by atoms with Crippen LogP contribution in [-0.4, -0.2) is 19.1 Å². The first-order valence-corrected chi connectivity index (χ1v) is 6.74. The summed E-state index contributed by atoms with van der Waals surface area (Å²) < 4.78 is 0. The van der Waals surface area contributed by atoms with Crippen LogP contribution >= 0.6 is 0 Å². The number of hydrogen-bond donors (Lipinski definition) is 2. The number of rotatable bonds is 5. The van der Waals surface area contributed by atoms with Gasteiger partial charge in [0.2, 0.25) is 0 Å². The molecule has 1 unspecified atom stereocenters. The summed E-state index contributed by atoms with van der Waals surface area (Å²) in [5.74, 6) is 0.901. The third kappa shape index (κ3) is 4.49. The van der Waals surface area contributed by atoms with Crippen molar-refractivity contribution in [2.24, 2.45) is 5.92 Å². The van der Waals surface area contributed by atoms with Crippen molar-refractivity contribution in [1.29, 1.82) is 0 Å². The van der Waals surface area contributed by atoms with Crippen molar-refractivity contribution in [2.45, 2.75) is 38.8 Å². The molecule has 1 aliphatic rings. The van der Waals surface area contributed by atoms with Crippen LogP contribution in [0.4, 0.5) is 0 Å². The Bertz CT molecular complexity index is 304. The van der Waals surface area contributed by atoms with E-state index in [1.165, 1.54) is 37.9 Å². The summed E-state index contributed by atoms with van der Waals surface area (Å²) >= 11 is 0. The first-order chi connectivity index (χ1) is 8.34. The van der Waals surface area contributed by atoms with E-state index in [4.69, 9.17) is 0 Å². The van der Waals surface area contributed by atoms with Crippen LogP contribution in [0.1, 0.15) is 31.7 Å². The van der Waals surface area contributed by atoms with E-state index >= 15 is 0 Å². The van der Waals surface area contributed by atoms with Gasteiger partial charge in [-0.3, -0.25) is 0 Å². The van der Waals surface area contributed by atoms with E-state index in [0.717, 1.165) is 12.5 Å². The molecule has 1 radical (unpaired) electrons. The van der Waals surface area contributed by atoms with E-state index in [1.54, 1.807) is 0 Å². The van der Waals surface area contributed by atoms with Crippen LogP contribution in [0.25, 0.3) is 0 Å². The molecule has 0 aliphatic carbocycles. The van der Waals surface area contributed by atoms with Gasteiger partial charge in [0.25, 0.3) is 0 Å². The average Bonchev–Trinajstić information content (AvgIpc) is 2.39. The zero-order valence-corrected chi connectivity index (χ0v) is 10.7. The van der Waals surface area contributed by atoms with Crippen LogP contribution in [0.15, 0.2) is 24.3 Å². The fraction of sp³-hybridized carbons (Fsp3) is 0.600. The van der Waals surface area contributed by atoms with Crippen LogP contribution in [0.2, 0.25) is 0 Å². The molecule has 1 fully saturated rings. The van der Waals surface area contributed by atoms with Crippen molar-refractivity contribution in [3.8, 4) is 0 Å². The highest BCUT2D eigenvalue weighted by atomic mass is 14.9. The summed E-state index contributed by atoms with van der Waals surface area (Å²) in [5.41, 5.74) is 1.25. The Kier molecular flexibility index (Phi) is 5.02. The maximum absolute atomic E-state index is 3.59. The molecule has 0 amide bonds. The lowest BCUT2D eigenvalue weighted by atomic mass is 9.91. The molecule has 2 rings (SSSR count). The summed E-state index contributed by atoms with van der Waals surface area (Å²) in [4.78, 5) is 0. The third-order valence-electron chi connectivity index (χ3n) is 3.56. The van der Waals surface area contributed by atoms with E-state index in [1.807, 2.05) is 12.1 Å². The van der Waals surface area contributed by atoms with Gasteiger partial charge in [-0.2, -0.15) is 0 Å². The Balaban J connectivity index is 1.68. The molecule has 0 aromatic heterocycles. The second-order valence-electron chi connectivity index (χ2n) is 5.10. The second kappa shape index (κ2) is 6.77. The number of hydrogen-bond acceptors (Lipinski definition) is 2. The molecular formula is C15H23N2. The predicted octanol–water partition coefficient (Wildman–Crippen LogP) is 2.35. The molecule has 1 aromatic carbocycles. The molecule has 1 atom stereocenters. The van der Waals surface area contributed by atoms with Crippen LogP contribution in [0, 0.1) is 12.0 Å². The highest BCUT2D eigenvalue weighted by Crippen LogP contribution is 2.17. The fourth-order valence-electron chi connectivity index (χ4n) is 2.53. The second-order valence-corrected chi connectivity index (χ2v) is 5.10. The quantitative estimate of drug-likeness (QED) is 0.813. The Labute approximate surface area is 105 Å². The SMILES string of the molecule is CC(CC1CCNCC1)NCc1[c]cccc1. The molecule has 1 saturated heterocycles. The minimum Gasteiger partial charge on any atom is -0.317 e. The fourth-order valence-corrected chi connectivity index (χ4v) is 2.53. The topological polar surface area (TPSA) is 24.1 Å². The Hall–Kier alpha value is -0.860. The summed E-state index contributed by atoms with van der Waals surface area (Å²) in [6.45, 7) is 5.63. The normalized spacial score (nSPS) is 19.1. The smallest absolute Gasteiger partial charge is 0.0214 e. The van der Waals surface area contributed by atoms with Crippen molar-refractivity contribution in [1.82, 2.24) is 10.6 Å². The highest BCUT2D eigenvalue weighted by Gasteiger charge is 2.15. The van der Waals surface area contributed by atoms with Crippen molar-refractivity contribution in [3.63, 3.8) is 0 Å². The molecular weight excluding hydrogens is 208 g/mol. The maximum Gasteiger partial charge on any atom is 0.0214 e. The average molecular weight is 231 g/mol. The molecule has 93 valence electrons. The highest BCUT2D eigenvalue weighted by molar-refractivity contribution is 5.12. The number of benzene rings is 1. The molecule has 1 aliphatic heterocycles. The van der Waals surface area contributed by atoms with Crippen LogP contribution in [-0.2, 0) is 6.54 Å². The lowest BCUT2D eigenvalue weighted by Crippen LogP contribution is -2.33. The van der Waals surface area contributed by atoms with E-state index in [9.17, 15) is 0 Å². The summed E-state index contributed by atoms with van der Waals surface area (Å²) in [7, 11) is 0. The van der Waals surface area contributed by atoms with Crippen LogP contribution in [0.3, 0.4) is 0 Å². The monoisotopic (exact) mass is 231 g/mol. The number of nitrogens with one attached hydrogen (secondary N) is 2. The first-order valence-electron chi connectivity index (χ1n) is 6.74. The van der Waals surface area contributed by atoms with E-state index in [0.29, 0.717) is 6.04 Å². The minimum atomic E-state index is 0.603. The third-order valence-corrected chi connectivity index (χ3v) is 3.56. The van der Waals surface area contributed by atoms with Crippen LogP contribution in [0.5, 0.6) is 0 Å². The van der Waals surface area contributed by atoms with Gasteiger partial charge in [0.1, 0.15) is 0 Å². The molecule has 17 heavy (non-hydrogen) atoms. The van der Waals surface area contributed by atoms with Gasteiger partial charge < -0.3 is 10.6 Å². The first kappa shape index (κ1) is 12.6. The Morgan fingerprint density at radius 3 is 2.94 bits per heavy atom. The lowest BCUT2D eigenvalue weighted by Gasteiger charge is -2.25. The van der Waals surface area contributed by atoms with Gasteiger partial charge in [-0.1, -0.05) is 24.3 Å². The van der Waals surface area contributed by atoms with Gasteiger partial charge in [0, 0.05) is 12.6 Å². The van der Waals surface area contributed by atoms with Gasteiger partial charge in [-0.05, 0) is 56.8 Å². The van der Waals surface area contributed by atoms with E-state index in [-0.39, 0.29) is 0 Å². The molecule has 2 N–H and O–H groups in total. The van der Waals surface area contributed by atoms with Crippen LogP contribution < -0.4 is 10.6 Å². The zero-order chi connectivity index (χ0) is 11.9. The summed E-state index contributed by atoms with van der Waals surface area (Å²) in [6, 6.07) is 12.1. The number of piperidine rings is 1. The lowest BCUT2D eigenvalue weighted by molar-refractivity contribution is 0.316. The molecule has 0 saturated carbocycles. The Morgan fingerprint density at radius 1 is 1.41 bits per heavy atom. The van der Waals surface area contributed by atoms with Gasteiger partial charge in [-0.25, -0.2) is 0 Å².